The molecule has 0 spiro atoms. The number of likely N-dealkylation sites (N-methyl/N-ethyl adjacent to an activating group) is 1. The van der Waals surface area contributed by atoms with Gasteiger partial charge in [-0.15, -0.1) is 0 Å². The number of hydrogen-bond acceptors (Lipinski definition) is 7. The molecule has 226 valence electrons. The number of ether oxygens (including phenoxy) is 3. The molecule has 0 saturated heterocycles. The molecule has 0 aliphatic heterocycles. The molecule has 0 radical (unpaired) electrons. The van der Waals surface area contributed by atoms with E-state index in [1.807, 2.05) is 13.0 Å². The van der Waals surface area contributed by atoms with Gasteiger partial charge in [0.2, 0.25) is 11.8 Å². The Kier molecular flexibility index (Phi) is 11.2. The molecule has 3 rings (SSSR count). The highest BCUT2D eigenvalue weighted by Gasteiger charge is 2.34. The number of nitrogens with one attached hydrogen (secondary N) is 1. The molecule has 0 aliphatic rings. The van der Waals surface area contributed by atoms with Gasteiger partial charge in [-0.25, -0.2) is 8.42 Å². The summed E-state index contributed by atoms with van der Waals surface area (Å²) in [4.78, 5) is 28.7. The van der Waals surface area contributed by atoms with Crippen LogP contribution in [0.4, 0.5) is 5.69 Å². The smallest absolute Gasteiger partial charge is 0.264 e. The van der Waals surface area contributed by atoms with E-state index >= 15 is 0 Å². The quantitative estimate of drug-likeness (QED) is 0.297. The third kappa shape index (κ3) is 7.52. The Morgan fingerprint density at radius 1 is 0.881 bits per heavy atom. The highest BCUT2D eigenvalue weighted by atomic mass is 32.2. The van der Waals surface area contributed by atoms with E-state index in [1.165, 1.54) is 37.3 Å². The predicted octanol–water partition coefficient (Wildman–Crippen LogP) is 4.16. The molecule has 1 N–H and O–H groups in total. The molecule has 11 heteroatoms. The number of methoxy groups -OCH3 is 3. The third-order valence-corrected chi connectivity index (χ3v) is 8.56. The van der Waals surface area contributed by atoms with Gasteiger partial charge in [0.25, 0.3) is 10.0 Å². The lowest BCUT2D eigenvalue weighted by molar-refractivity contribution is -0.140. The van der Waals surface area contributed by atoms with Gasteiger partial charge in [0, 0.05) is 19.2 Å². The van der Waals surface area contributed by atoms with E-state index in [0.29, 0.717) is 30.2 Å². The van der Waals surface area contributed by atoms with Crippen molar-refractivity contribution in [3.8, 4) is 17.2 Å². The van der Waals surface area contributed by atoms with E-state index in [9.17, 15) is 18.0 Å². The molecular formula is C31H39N3O7S. The van der Waals surface area contributed by atoms with E-state index in [0.717, 1.165) is 15.4 Å². The van der Waals surface area contributed by atoms with Crippen molar-refractivity contribution in [3.05, 3.63) is 77.9 Å². The summed E-state index contributed by atoms with van der Waals surface area (Å²) in [6.45, 7) is 5.35. The molecular weight excluding hydrogens is 558 g/mol. The van der Waals surface area contributed by atoms with Crippen LogP contribution in [-0.4, -0.2) is 65.6 Å². The Balaban J connectivity index is 2.12. The molecule has 0 bridgehead atoms. The number of aryl methyl sites for hydroxylation is 1. The number of hydrogen-bond donors (Lipinski definition) is 1. The largest absolute Gasteiger partial charge is 0.497 e. The van der Waals surface area contributed by atoms with Crippen LogP contribution in [0.1, 0.15) is 31.4 Å². The summed E-state index contributed by atoms with van der Waals surface area (Å²) < 4.78 is 45.3. The number of amides is 2. The second-order valence-electron chi connectivity index (χ2n) is 9.56. The van der Waals surface area contributed by atoms with Crippen LogP contribution in [0, 0.1) is 6.92 Å². The molecule has 1 atom stereocenters. The van der Waals surface area contributed by atoms with Crippen LogP contribution in [0.25, 0.3) is 0 Å². The van der Waals surface area contributed by atoms with Crippen LogP contribution >= 0.6 is 0 Å². The standard InChI is InChI=1S/C31H39N3O7S/c1-7-27(31(36)32-8-2)33(20-23-10-9-11-25(18-23)39-4)30(35)21-34(24-14-17-28(40-5)29(19-24)41-6)42(37,38)26-15-12-22(3)13-16-26/h9-19,27H,7-8,20-21H2,1-6H3,(H,32,36). The average molecular weight is 598 g/mol. The van der Waals surface area contributed by atoms with Gasteiger partial charge in [-0.2, -0.15) is 0 Å². The maximum Gasteiger partial charge on any atom is 0.264 e. The lowest BCUT2D eigenvalue weighted by Crippen LogP contribution is -2.52. The number of sulfonamides is 1. The van der Waals surface area contributed by atoms with Crippen LogP contribution in [-0.2, 0) is 26.2 Å². The molecule has 3 aromatic rings. The highest BCUT2D eigenvalue weighted by Crippen LogP contribution is 2.34. The van der Waals surface area contributed by atoms with Gasteiger partial charge in [0.05, 0.1) is 31.9 Å². The first kappa shape index (κ1) is 32.3. The Morgan fingerprint density at radius 3 is 2.17 bits per heavy atom. The lowest BCUT2D eigenvalue weighted by Gasteiger charge is -2.33. The summed E-state index contributed by atoms with van der Waals surface area (Å²) in [5, 5.41) is 2.79. The van der Waals surface area contributed by atoms with E-state index in [4.69, 9.17) is 14.2 Å². The highest BCUT2D eigenvalue weighted by molar-refractivity contribution is 7.92. The minimum absolute atomic E-state index is 0.0193. The zero-order chi connectivity index (χ0) is 30.9. The number of rotatable bonds is 14. The van der Waals surface area contributed by atoms with Gasteiger partial charge < -0.3 is 24.4 Å². The predicted molar refractivity (Wildman–Crippen MR) is 162 cm³/mol. The molecule has 10 nitrogen and oxygen atoms in total. The number of benzene rings is 3. The average Bonchev–Trinajstić information content (AvgIpc) is 2.99. The molecule has 3 aromatic carbocycles. The van der Waals surface area contributed by atoms with E-state index in [2.05, 4.69) is 5.32 Å². The van der Waals surface area contributed by atoms with Gasteiger partial charge in [-0.3, -0.25) is 13.9 Å². The molecule has 0 fully saturated rings. The fraction of sp³-hybridized carbons (Fsp3) is 0.355. The number of nitrogens with zero attached hydrogens (tertiary/aromatic N) is 2. The zero-order valence-electron chi connectivity index (χ0n) is 24.9. The van der Waals surface area contributed by atoms with Crippen LogP contribution in [0.15, 0.2) is 71.6 Å². The minimum atomic E-state index is -4.22. The van der Waals surface area contributed by atoms with Crippen LogP contribution in [0.5, 0.6) is 17.2 Å². The molecule has 0 heterocycles. The minimum Gasteiger partial charge on any atom is -0.497 e. The summed E-state index contributed by atoms with van der Waals surface area (Å²) in [5.41, 5.74) is 1.82. The van der Waals surface area contributed by atoms with Crippen molar-refractivity contribution >= 4 is 27.5 Å². The summed E-state index contributed by atoms with van der Waals surface area (Å²) >= 11 is 0. The second kappa shape index (κ2) is 14.6. The fourth-order valence-corrected chi connectivity index (χ4v) is 5.93. The van der Waals surface area contributed by atoms with Crippen molar-refractivity contribution in [2.24, 2.45) is 0 Å². The summed E-state index contributed by atoms with van der Waals surface area (Å²) in [6, 6.07) is 17.4. The summed E-state index contributed by atoms with van der Waals surface area (Å²) in [6.07, 6.45) is 0.322. The lowest BCUT2D eigenvalue weighted by atomic mass is 10.1. The van der Waals surface area contributed by atoms with Gasteiger partial charge >= 0.3 is 0 Å². The molecule has 0 aromatic heterocycles. The van der Waals surface area contributed by atoms with Crippen molar-refractivity contribution in [2.45, 2.75) is 44.7 Å². The number of carbonyl (C=O) groups is 2. The molecule has 0 saturated carbocycles. The number of carbonyl (C=O) groups excluding carboxylic acids is 2. The van der Waals surface area contributed by atoms with Crippen LogP contribution < -0.4 is 23.8 Å². The van der Waals surface area contributed by atoms with E-state index < -0.39 is 28.5 Å². The maximum absolute atomic E-state index is 14.2. The first-order valence-corrected chi connectivity index (χ1v) is 15.0. The van der Waals surface area contributed by atoms with Crippen LogP contribution in [0.2, 0.25) is 0 Å². The molecule has 2 amide bonds. The van der Waals surface area contributed by atoms with Gasteiger partial charge in [0.1, 0.15) is 18.3 Å². The first-order valence-electron chi connectivity index (χ1n) is 13.6. The molecule has 42 heavy (non-hydrogen) atoms. The summed E-state index contributed by atoms with van der Waals surface area (Å²) in [5.74, 6) is 0.423. The van der Waals surface area contributed by atoms with Crippen LogP contribution in [0.3, 0.4) is 0 Å². The van der Waals surface area contributed by atoms with Crippen molar-refractivity contribution in [1.29, 1.82) is 0 Å². The number of anilines is 1. The normalized spacial score (nSPS) is 11.8. The summed E-state index contributed by atoms with van der Waals surface area (Å²) in [7, 11) is 0.243. The van der Waals surface area contributed by atoms with Crippen molar-refractivity contribution in [2.75, 3.05) is 38.7 Å². The Hall–Kier alpha value is -4.25. The van der Waals surface area contributed by atoms with Gasteiger partial charge in [0.15, 0.2) is 11.5 Å². The fourth-order valence-electron chi connectivity index (χ4n) is 4.53. The molecule has 1 unspecified atom stereocenters. The van der Waals surface area contributed by atoms with Crippen molar-refractivity contribution in [1.82, 2.24) is 10.2 Å². The zero-order valence-corrected chi connectivity index (χ0v) is 25.7. The SMILES string of the molecule is CCNC(=O)C(CC)N(Cc1cccc(OC)c1)C(=O)CN(c1ccc(OC)c(OC)c1)S(=O)(=O)c1ccc(C)cc1. The molecule has 0 aliphatic carbocycles. The Morgan fingerprint density at radius 2 is 1.57 bits per heavy atom. The monoisotopic (exact) mass is 597 g/mol. The topological polar surface area (TPSA) is 114 Å². The van der Waals surface area contributed by atoms with E-state index in [-0.39, 0.29) is 23.0 Å². The Bertz CT molecular complexity index is 1480. The third-order valence-electron chi connectivity index (χ3n) is 6.77. The maximum atomic E-state index is 14.2. The first-order chi connectivity index (χ1) is 20.1. The van der Waals surface area contributed by atoms with E-state index in [1.54, 1.807) is 63.4 Å². The van der Waals surface area contributed by atoms with Gasteiger partial charge in [-0.05, 0) is 62.2 Å². The second-order valence-corrected chi connectivity index (χ2v) is 11.4. The van der Waals surface area contributed by atoms with Gasteiger partial charge in [-0.1, -0.05) is 36.8 Å². The van der Waals surface area contributed by atoms with Crippen molar-refractivity contribution in [3.63, 3.8) is 0 Å². The Labute approximate surface area is 248 Å². The van der Waals surface area contributed by atoms with Crippen molar-refractivity contribution < 1.29 is 32.2 Å².